The lowest BCUT2D eigenvalue weighted by Gasteiger charge is -2.29. The first-order valence-electron chi connectivity index (χ1n) is 9.49. The zero-order valence-electron chi connectivity index (χ0n) is 16.3. The summed E-state index contributed by atoms with van der Waals surface area (Å²) < 4.78 is 0. The standard InChI is InChI=1S/C22H26N2O3S/c1-15-11-16(2)13-17(12-15)19(25)14-23-21(26)7-8-22(27)24-9-10-28-20-6-4-3-5-18(20)24/h3-6,11-13,19,25H,7-10,14H2,1-2H3,(H,23,26)/t19-/m1/s1. The fourth-order valence-electron chi connectivity index (χ4n) is 3.40. The monoisotopic (exact) mass is 398 g/mol. The summed E-state index contributed by atoms with van der Waals surface area (Å²) in [7, 11) is 0. The van der Waals surface area contributed by atoms with Crippen LogP contribution in [0.5, 0.6) is 0 Å². The molecule has 0 fully saturated rings. The van der Waals surface area contributed by atoms with Crippen LogP contribution in [0.1, 0.15) is 35.6 Å². The Bertz CT molecular complexity index is 848. The first kappa shape index (κ1) is 20.4. The Morgan fingerprint density at radius 1 is 1.14 bits per heavy atom. The Kier molecular flexibility index (Phi) is 6.75. The molecule has 1 aliphatic heterocycles. The number of carbonyl (C=O) groups is 2. The number of fused-ring (bicyclic) bond motifs is 1. The summed E-state index contributed by atoms with van der Waals surface area (Å²) in [5, 5.41) is 13.1. The van der Waals surface area contributed by atoms with Crippen molar-refractivity contribution >= 4 is 29.3 Å². The van der Waals surface area contributed by atoms with Gasteiger partial charge in [-0.05, 0) is 31.5 Å². The third-order valence-electron chi connectivity index (χ3n) is 4.72. The van der Waals surface area contributed by atoms with Crippen molar-refractivity contribution in [3.8, 4) is 0 Å². The van der Waals surface area contributed by atoms with E-state index < -0.39 is 6.10 Å². The number of aliphatic hydroxyl groups excluding tert-OH is 1. The number of anilines is 1. The van der Waals surface area contributed by atoms with Gasteiger partial charge in [0.2, 0.25) is 11.8 Å². The average molecular weight is 399 g/mol. The molecule has 1 atom stereocenters. The van der Waals surface area contributed by atoms with Crippen LogP contribution in [-0.4, -0.2) is 35.8 Å². The summed E-state index contributed by atoms with van der Waals surface area (Å²) in [5.41, 5.74) is 3.86. The molecule has 2 aromatic rings. The van der Waals surface area contributed by atoms with Crippen LogP contribution in [0.4, 0.5) is 5.69 Å². The van der Waals surface area contributed by atoms with Gasteiger partial charge in [0.1, 0.15) is 0 Å². The molecule has 0 unspecified atom stereocenters. The number of nitrogens with one attached hydrogen (secondary N) is 1. The van der Waals surface area contributed by atoms with E-state index in [1.165, 1.54) is 0 Å². The maximum absolute atomic E-state index is 12.6. The van der Waals surface area contributed by atoms with Crippen molar-refractivity contribution in [3.05, 3.63) is 59.2 Å². The van der Waals surface area contributed by atoms with Crippen molar-refractivity contribution in [2.45, 2.75) is 37.7 Å². The Labute approximate surface area is 170 Å². The fourth-order valence-corrected chi connectivity index (χ4v) is 4.40. The summed E-state index contributed by atoms with van der Waals surface area (Å²) in [4.78, 5) is 27.6. The quantitative estimate of drug-likeness (QED) is 0.783. The molecule has 0 radical (unpaired) electrons. The molecule has 6 heteroatoms. The largest absolute Gasteiger partial charge is 0.387 e. The second-order valence-corrected chi connectivity index (χ2v) is 8.24. The van der Waals surface area contributed by atoms with E-state index in [1.54, 1.807) is 16.7 Å². The Balaban J connectivity index is 1.49. The molecule has 0 spiro atoms. The van der Waals surface area contributed by atoms with Crippen molar-refractivity contribution in [2.75, 3.05) is 23.7 Å². The highest BCUT2D eigenvalue weighted by Crippen LogP contribution is 2.34. The van der Waals surface area contributed by atoms with Gasteiger partial charge in [-0.3, -0.25) is 9.59 Å². The van der Waals surface area contributed by atoms with Gasteiger partial charge in [0.25, 0.3) is 0 Å². The highest BCUT2D eigenvalue weighted by molar-refractivity contribution is 7.99. The molecule has 5 nitrogen and oxygen atoms in total. The third kappa shape index (κ3) is 5.14. The maximum atomic E-state index is 12.6. The molecule has 2 amide bonds. The minimum Gasteiger partial charge on any atom is -0.387 e. The Hall–Kier alpha value is -2.31. The summed E-state index contributed by atoms with van der Waals surface area (Å²) >= 11 is 1.74. The van der Waals surface area contributed by atoms with Crippen molar-refractivity contribution in [1.29, 1.82) is 0 Å². The van der Waals surface area contributed by atoms with Crippen LogP contribution < -0.4 is 10.2 Å². The Morgan fingerprint density at radius 3 is 2.61 bits per heavy atom. The van der Waals surface area contributed by atoms with E-state index in [2.05, 4.69) is 5.32 Å². The number of hydrogen-bond donors (Lipinski definition) is 2. The van der Waals surface area contributed by atoms with Gasteiger partial charge in [-0.15, -0.1) is 11.8 Å². The van der Waals surface area contributed by atoms with E-state index in [4.69, 9.17) is 0 Å². The van der Waals surface area contributed by atoms with Gasteiger partial charge < -0.3 is 15.3 Å². The number of aryl methyl sites for hydroxylation is 2. The van der Waals surface area contributed by atoms with E-state index in [0.717, 1.165) is 33.0 Å². The predicted octanol–water partition coefficient (Wildman–Crippen LogP) is 3.37. The minimum absolute atomic E-state index is 0.0437. The van der Waals surface area contributed by atoms with Gasteiger partial charge in [-0.25, -0.2) is 0 Å². The zero-order chi connectivity index (χ0) is 20.1. The maximum Gasteiger partial charge on any atom is 0.227 e. The number of nitrogens with zero attached hydrogens (tertiary/aromatic N) is 1. The summed E-state index contributed by atoms with van der Waals surface area (Å²) in [6.45, 7) is 4.75. The molecular weight excluding hydrogens is 372 g/mol. The van der Waals surface area contributed by atoms with E-state index in [0.29, 0.717) is 6.54 Å². The molecule has 0 aromatic heterocycles. The van der Waals surface area contributed by atoms with Crippen molar-refractivity contribution in [3.63, 3.8) is 0 Å². The molecule has 1 aliphatic rings. The van der Waals surface area contributed by atoms with Crippen LogP contribution in [0.25, 0.3) is 0 Å². The molecule has 2 aromatic carbocycles. The van der Waals surface area contributed by atoms with Crippen LogP contribution in [0.3, 0.4) is 0 Å². The second kappa shape index (κ2) is 9.26. The van der Waals surface area contributed by atoms with E-state index in [1.807, 2.05) is 56.3 Å². The van der Waals surface area contributed by atoms with E-state index >= 15 is 0 Å². The number of carbonyl (C=O) groups excluding carboxylic acids is 2. The first-order chi connectivity index (χ1) is 13.4. The van der Waals surface area contributed by atoms with Crippen LogP contribution in [-0.2, 0) is 9.59 Å². The molecule has 0 saturated heterocycles. The lowest BCUT2D eigenvalue weighted by molar-refractivity contribution is -0.125. The van der Waals surface area contributed by atoms with Gasteiger partial charge >= 0.3 is 0 Å². The number of aliphatic hydroxyl groups is 1. The van der Waals surface area contributed by atoms with Crippen LogP contribution in [0.2, 0.25) is 0 Å². The summed E-state index contributed by atoms with van der Waals surface area (Å²) in [6, 6.07) is 13.7. The van der Waals surface area contributed by atoms with Crippen molar-refractivity contribution in [2.24, 2.45) is 0 Å². The molecule has 28 heavy (non-hydrogen) atoms. The number of benzene rings is 2. The average Bonchev–Trinajstić information content (AvgIpc) is 2.69. The number of amides is 2. The fraction of sp³-hybridized carbons (Fsp3) is 0.364. The second-order valence-electron chi connectivity index (χ2n) is 7.10. The minimum atomic E-state index is -0.760. The topological polar surface area (TPSA) is 69.6 Å². The summed E-state index contributed by atoms with van der Waals surface area (Å²) in [6.07, 6.45) is -0.487. The highest BCUT2D eigenvalue weighted by atomic mass is 32.2. The van der Waals surface area contributed by atoms with Gasteiger partial charge in [0, 0.05) is 36.6 Å². The normalized spacial score (nSPS) is 14.3. The molecule has 148 valence electrons. The predicted molar refractivity (Wildman–Crippen MR) is 113 cm³/mol. The summed E-state index contributed by atoms with van der Waals surface area (Å²) in [5.74, 6) is 0.589. The number of thioether (sulfide) groups is 1. The van der Waals surface area contributed by atoms with Gasteiger partial charge in [-0.2, -0.15) is 0 Å². The SMILES string of the molecule is Cc1cc(C)cc([C@H](O)CNC(=O)CCC(=O)N2CCSc3ccccc32)c1. The molecule has 0 aliphatic carbocycles. The van der Waals surface area contributed by atoms with Gasteiger partial charge in [0.05, 0.1) is 11.8 Å². The molecule has 0 bridgehead atoms. The lowest BCUT2D eigenvalue weighted by atomic mass is 10.0. The molecular formula is C22H26N2O3S. The van der Waals surface area contributed by atoms with Crippen LogP contribution in [0.15, 0.2) is 47.4 Å². The molecule has 0 saturated carbocycles. The number of para-hydroxylation sites is 1. The van der Waals surface area contributed by atoms with Crippen LogP contribution in [0, 0.1) is 13.8 Å². The van der Waals surface area contributed by atoms with Crippen molar-refractivity contribution < 1.29 is 14.7 Å². The molecule has 2 N–H and O–H groups in total. The van der Waals surface area contributed by atoms with Gasteiger partial charge in [-0.1, -0.05) is 41.5 Å². The number of rotatable bonds is 6. The van der Waals surface area contributed by atoms with Crippen LogP contribution >= 0.6 is 11.8 Å². The first-order valence-corrected chi connectivity index (χ1v) is 10.5. The van der Waals surface area contributed by atoms with E-state index in [9.17, 15) is 14.7 Å². The Morgan fingerprint density at radius 2 is 1.86 bits per heavy atom. The zero-order valence-corrected chi connectivity index (χ0v) is 17.1. The molecule has 1 heterocycles. The lowest BCUT2D eigenvalue weighted by Crippen LogP contribution is -2.36. The highest BCUT2D eigenvalue weighted by Gasteiger charge is 2.23. The van der Waals surface area contributed by atoms with Crippen molar-refractivity contribution in [1.82, 2.24) is 5.32 Å². The smallest absolute Gasteiger partial charge is 0.227 e. The van der Waals surface area contributed by atoms with E-state index in [-0.39, 0.29) is 31.2 Å². The third-order valence-corrected chi connectivity index (χ3v) is 5.76. The number of hydrogen-bond acceptors (Lipinski definition) is 4. The van der Waals surface area contributed by atoms with Gasteiger partial charge in [0.15, 0.2) is 0 Å². The molecule has 3 rings (SSSR count).